The molecule has 0 saturated heterocycles. The van der Waals surface area contributed by atoms with Crippen molar-refractivity contribution in [3.8, 4) is 11.1 Å². The number of halogens is 4. The Kier molecular flexibility index (Phi) is 6.31. The quantitative estimate of drug-likeness (QED) is 0.264. The number of hydrogen-bond donors (Lipinski definition) is 0. The van der Waals surface area contributed by atoms with Crippen molar-refractivity contribution in [2.45, 2.75) is 64.7 Å². The maximum absolute atomic E-state index is 15.1. The third-order valence-electron chi connectivity index (χ3n) is 7.06. The summed E-state index contributed by atoms with van der Waals surface area (Å²) in [4.78, 5) is 0. The lowest BCUT2D eigenvalue weighted by atomic mass is 9.78. The zero-order valence-corrected chi connectivity index (χ0v) is 17.4. The SMILES string of the molecule is CCC1CCC(CCC2=CCc3c(ccc(-c4cc(F)c(F)c(F)c4)c3F)C2)CC1. The van der Waals surface area contributed by atoms with Crippen LogP contribution in [0, 0.1) is 35.1 Å². The second kappa shape index (κ2) is 8.95. The highest BCUT2D eigenvalue weighted by atomic mass is 19.2. The summed E-state index contributed by atoms with van der Waals surface area (Å²) >= 11 is 0. The molecule has 2 aromatic rings. The first-order chi connectivity index (χ1) is 14.5. The largest absolute Gasteiger partial charge is 0.206 e. The molecule has 2 aliphatic rings. The molecule has 0 nitrogen and oxygen atoms in total. The van der Waals surface area contributed by atoms with E-state index in [9.17, 15) is 13.2 Å². The molecule has 0 unspecified atom stereocenters. The van der Waals surface area contributed by atoms with Gasteiger partial charge in [0.1, 0.15) is 5.82 Å². The van der Waals surface area contributed by atoms with Crippen LogP contribution in [0.3, 0.4) is 0 Å². The Morgan fingerprint density at radius 3 is 2.20 bits per heavy atom. The molecule has 4 rings (SSSR count). The van der Waals surface area contributed by atoms with Crippen molar-refractivity contribution in [3.05, 3.63) is 70.3 Å². The molecule has 160 valence electrons. The van der Waals surface area contributed by atoms with E-state index in [4.69, 9.17) is 0 Å². The Labute approximate surface area is 176 Å². The molecule has 0 aliphatic heterocycles. The van der Waals surface area contributed by atoms with Crippen molar-refractivity contribution in [3.63, 3.8) is 0 Å². The van der Waals surface area contributed by atoms with Crippen molar-refractivity contribution in [1.82, 2.24) is 0 Å². The number of rotatable bonds is 5. The van der Waals surface area contributed by atoms with E-state index in [-0.39, 0.29) is 11.1 Å². The minimum Gasteiger partial charge on any atom is -0.206 e. The van der Waals surface area contributed by atoms with Crippen LogP contribution in [0.15, 0.2) is 35.9 Å². The van der Waals surface area contributed by atoms with Gasteiger partial charge in [0.25, 0.3) is 0 Å². The highest BCUT2D eigenvalue weighted by Crippen LogP contribution is 2.36. The van der Waals surface area contributed by atoms with Crippen LogP contribution in [0.5, 0.6) is 0 Å². The molecule has 2 aromatic carbocycles. The minimum absolute atomic E-state index is 0.0177. The van der Waals surface area contributed by atoms with Crippen LogP contribution >= 0.6 is 0 Å². The van der Waals surface area contributed by atoms with E-state index >= 15 is 4.39 Å². The molecule has 0 bridgehead atoms. The molecule has 1 fully saturated rings. The summed E-state index contributed by atoms with van der Waals surface area (Å²) in [7, 11) is 0. The van der Waals surface area contributed by atoms with E-state index in [1.807, 2.05) is 6.07 Å². The van der Waals surface area contributed by atoms with E-state index in [0.717, 1.165) is 42.4 Å². The van der Waals surface area contributed by atoms with Gasteiger partial charge in [-0.1, -0.05) is 62.8 Å². The van der Waals surface area contributed by atoms with Crippen molar-refractivity contribution < 1.29 is 17.6 Å². The normalized spacial score (nSPS) is 21.3. The van der Waals surface area contributed by atoms with E-state index in [0.29, 0.717) is 12.0 Å². The first-order valence-electron chi connectivity index (χ1n) is 11.1. The first kappa shape index (κ1) is 21.1. The van der Waals surface area contributed by atoms with Crippen LogP contribution in [-0.4, -0.2) is 0 Å². The predicted molar refractivity (Wildman–Crippen MR) is 112 cm³/mol. The van der Waals surface area contributed by atoms with Crippen LogP contribution in [-0.2, 0) is 12.8 Å². The summed E-state index contributed by atoms with van der Waals surface area (Å²) in [6, 6.07) is 5.09. The average Bonchev–Trinajstić information content (AvgIpc) is 2.76. The third kappa shape index (κ3) is 4.33. The topological polar surface area (TPSA) is 0 Å². The first-order valence-corrected chi connectivity index (χ1v) is 11.1. The third-order valence-corrected chi connectivity index (χ3v) is 7.06. The van der Waals surface area contributed by atoms with Gasteiger partial charge >= 0.3 is 0 Å². The zero-order chi connectivity index (χ0) is 21.3. The van der Waals surface area contributed by atoms with Gasteiger partial charge in [0.2, 0.25) is 0 Å². The lowest BCUT2D eigenvalue weighted by Gasteiger charge is -2.28. The molecule has 2 aliphatic carbocycles. The smallest absolute Gasteiger partial charge is 0.194 e. The molecule has 0 radical (unpaired) electrons. The van der Waals surface area contributed by atoms with E-state index in [1.54, 1.807) is 6.07 Å². The maximum Gasteiger partial charge on any atom is 0.194 e. The molecule has 30 heavy (non-hydrogen) atoms. The van der Waals surface area contributed by atoms with Gasteiger partial charge in [-0.25, -0.2) is 17.6 Å². The maximum atomic E-state index is 15.1. The Bertz CT molecular complexity index is 929. The number of fused-ring (bicyclic) bond motifs is 1. The standard InChI is InChI=1S/C26H28F4/c1-2-16-3-5-17(6-4-16)7-8-18-9-11-21-19(13-18)10-12-22(25(21)29)20-14-23(27)26(30)24(28)15-20/h9-10,12,14-17H,2-8,11,13H2,1H3. The molecular weight excluding hydrogens is 388 g/mol. The van der Waals surface area contributed by atoms with Gasteiger partial charge in [0, 0.05) is 5.56 Å². The predicted octanol–water partition coefficient (Wildman–Crippen LogP) is 7.93. The highest BCUT2D eigenvalue weighted by Gasteiger charge is 2.23. The van der Waals surface area contributed by atoms with Gasteiger partial charge in [0.15, 0.2) is 17.5 Å². The zero-order valence-electron chi connectivity index (χ0n) is 17.4. The molecule has 0 heterocycles. The van der Waals surface area contributed by atoms with Gasteiger partial charge in [-0.3, -0.25) is 0 Å². The van der Waals surface area contributed by atoms with E-state index in [2.05, 4.69) is 13.0 Å². The Morgan fingerprint density at radius 1 is 0.867 bits per heavy atom. The van der Waals surface area contributed by atoms with Gasteiger partial charge in [0.05, 0.1) is 0 Å². The summed E-state index contributed by atoms with van der Waals surface area (Å²) in [5.41, 5.74) is 2.99. The van der Waals surface area contributed by atoms with Crippen molar-refractivity contribution >= 4 is 0 Å². The Balaban J connectivity index is 1.45. The Morgan fingerprint density at radius 2 is 1.53 bits per heavy atom. The lowest BCUT2D eigenvalue weighted by molar-refractivity contribution is 0.258. The molecule has 4 heteroatoms. The molecule has 0 spiro atoms. The molecular formula is C26H28F4. The summed E-state index contributed by atoms with van der Waals surface area (Å²) in [6.07, 6.45) is 12.2. The molecule has 0 atom stereocenters. The van der Waals surface area contributed by atoms with Crippen molar-refractivity contribution in [2.75, 3.05) is 0 Å². The van der Waals surface area contributed by atoms with Crippen LogP contribution in [0.2, 0.25) is 0 Å². The minimum atomic E-state index is -1.53. The molecule has 0 amide bonds. The summed E-state index contributed by atoms with van der Waals surface area (Å²) in [5, 5.41) is 0. The second-order valence-corrected chi connectivity index (χ2v) is 8.90. The highest BCUT2D eigenvalue weighted by molar-refractivity contribution is 5.67. The fraction of sp³-hybridized carbons (Fsp3) is 0.462. The van der Waals surface area contributed by atoms with Crippen LogP contribution in [0.1, 0.15) is 63.0 Å². The van der Waals surface area contributed by atoms with Crippen LogP contribution in [0.4, 0.5) is 17.6 Å². The summed E-state index contributed by atoms with van der Waals surface area (Å²) in [5.74, 6) is -2.91. The lowest BCUT2D eigenvalue weighted by Crippen LogP contribution is -2.14. The monoisotopic (exact) mass is 416 g/mol. The van der Waals surface area contributed by atoms with Gasteiger partial charge < -0.3 is 0 Å². The van der Waals surface area contributed by atoms with Gasteiger partial charge in [-0.2, -0.15) is 0 Å². The second-order valence-electron chi connectivity index (χ2n) is 8.90. The van der Waals surface area contributed by atoms with Gasteiger partial charge in [-0.15, -0.1) is 0 Å². The number of allylic oxidation sites excluding steroid dienone is 2. The molecule has 0 N–H and O–H groups in total. The van der Waals surface area contributed by atoms with E-state index in [1.165, 1.54) is 44.1 Å². The van der Waals surface area contributed by atoms with Crippen molar-refractivity contribution in [2.24, 2.45) is 11.8 Å². The Hall–Kier alpha value is -2.10. The molecule has 1 saturated carbocycles. The fourth-order valence-electron chi connectivity index (χ4n) is 5.05. The summed E-state index contributed by atoms with van der Waals surface area (Å²) in [6.45, 7) is 2.28. The molecule has 0 aromatic heterocycles. The number of hydrogen-bond acceptors (Lipinski definition) is 0. The van der Waals surface area contributed by atoms with E-state index < -0.39 is 23.3 Å². The van der Waals surface area contributed by atoms with Gasteiger partial charge in [-0.05, 0) is 66.3 Å². The fourth-order valence-corrected chi connectivity index (χ4v) is 5.05. The van der Waals surface area contributed by atoms with Crippen LogP contribution < -0.4 is 0 Å². The summed E-state index contributed by atoms with van der Waals surface area (Å²) < 4.78 is 55.5. The number of benzene rings is 2. The van der Waals surface area contributed by atoms with Crippen LogP contribution in [0.25, 0.3) is 11.1 Å². The average molecular weight is 417 g/mol. The van der Waals surface area contributed by atoms with Crippen molar-refractivity contribution in [1.29, 1.82) is 0 Å².